The maximum atomic E-state index is 11.1. The second kappa shape index (κ2) is 8.79. The van der Waals surface area contributed by atoms with Crippen molar-refractivity contribution in [1.29, 1.82) is 0 Å². The Labute approximate surface area is 142 Å². The average molecular weight is 339 g/mol. The molecule has 6 heteroatoms. The minimum atomic E-state index is -0.461. The summed E-state index contributed by atoms with van der Waals surface area (Å²) in [6.45, 7) is 5.84. The summed E-state index contributed by atoms with van der Waals surface area (Å²) in [7, 11) is 1.34. The highest BCUT2D eigenvalue weighted by Gasteiger charge is 2.28. The zero-order valence-corrected chi connectivity index (χ0v) is 14.1. The Morgan fingerprint density at radius 1 is 1.57 bits per heavy atom. The number of halogens is 1. The molecule has 0 spiro atoms. The molecule has 0 aliphatic carbocycles. The molecule has 2 rings (SSSR count). The number of carbonyl (C=O) groups excluding carboxylic acids is 1. The summed E-state index contributed by atoms with van der Waals surface area (Å²) in [6.07, 6.45) is 1.47. The van der Waals surface area contributed by atoms with Crippen LogP contribution in [-0.4, -0.2) is 32.9 Å². The molecule has 5 nitrogen and oxygen atoms in total. The van der Waals surface area contributed by atoms with Gasteiger partial charge in [0, 0.05) is 29.7 Å². The van der Waals surface area contributed by atoms with Gasteiger partial charge >= 0.3 is 6.09 Å². The number of benzene rings is 1. The van der Waals surface area contributed by atoms with Crippen molar-refractivity contribution in [1.82, 2.24) is 10.6 Å². The molecular formula is C17H23ClN2O3. The van der Waals surface area contributed by atoms with E-state index in [1.54, 1.807) is 0 Å². The van der Waals surface area contributed by atoms with Crippen LogP contribution in [0.4, 0.5) is 4.79 Å². The lowest BCUT2D eigenvalue weighted by Crippen LogP contribution is -2.33. The van der Waals surface area contributed by atoms with E-state index in [1.165, 1.54) is 7.11 Å². The van der Waals surface area contributed by atoms with Crippen LogP contribution >= 0.6 is 11.6 Å². The van der Waals surface area contributed by atoms with E-state index in [9.17, 15) is 4.79 Å². The first-order valence-electron chi connectivity index (χ1n) is 7.73. The summed E-state index contributed by atoms with van der Waals surface area (Å²) in [5, 5.41) is 6.61. The fourth-order valence-electron chi connectivity index (χ4n) is 2.75. The van der Waals surface area contributed by atoms with Gasteiger partial charge in [-0.15, -0.1) is 0 Å². The fourth-order valence-corrected chi connectivity index (χ4v) is 2.95. The first-order valence-corrected chi connectivity index (χ1v) is 8.11. The predicted octanol–water partition coefficient (Wildman–Crippen LogP) is 3.27. The lowest BCUT2D eigenvalue weighted by molar-refractivity contribution is 0.0151. The number of nitrogens with one attached hydrogen (secondary N) is 2. The molecule has 1 unspecified atom stereocenters. The number of piperidine rings is 1. The van der Waals surface area contributed by atoms with Crippen molar-refractivity contribution < 1.29 is 14.3 Å². The van der Waals surface area contributed by atoms with Crippen molar-refractivity contribution in [3.63, 3.8) is 0 Å². The smallest absolute Gasteiger partial charge is 0.406 e. The lowest BCUT2D eigenvalue weighted by Gasteiger charge is -2.33. The molecule has 1 aromatic rings. The molecule has 1 aromatic carbocycles. The first kappa shape index (κ1) is 17.6. The summed E-state index contributed by atoms with van der Waals surface area (Å²) < 4.78 is 10.6. The minimum absolute atomic E-state index is 0.145. The Bertz CT molecular complexity index is 550. The van der Waals surface area contributed by atoms with Crippen molar-refractivity contribution in [3.05, 3.63) is 47.1 Å². The molecule has 1 saturated heterocycles. The second-order valence-electron chi connectivity index (χ2n) is 5.47. The van der Waals surface area contributed by atoms with Gasteiger partial charge < -0.3 is 20.1 Å². The van der Waals surface area contributed by atoms with Crippen LogP contribution in [0.25, 0.3) is 0 Å². The molecule has 2 atom stereocenters. The van der Waals surface area contributed by atoms with Gasteiger partial charge in [0.05, 0.1) is 19.8 Å². The zero-order valence-electron chi connectivity index (χ0n) is 13.3. The van der Waals surface area contributed by atoms with Crippen LogP contribution in [0.15, 0.2) is 36.5 Å². The molecular weight excluding hydrogens is 316 g/mol. The Hall–Kier alpha value is -1.72. The average Bonchev–Trinajstić information content (AvgIpc) is 2.55. The van der Waals surface area contributed by atoms with Gasteiger partial charge in [-0.25, -0.2) is 4.79 Å². The van der Waals surface area contributed by atoms with Gasteiger partial charge in [0.25, 0.3) is 0 Å². The van der Waals surface area contributed by atoms with Gasteiger partial charge in [-0.3, -0.25) is 0 Å². The van der Waals surface area contributed by atoms with Crippen LogP contribution in [-0.2, 0) is 9.47 Å². The van der Waals surface area contributed by atoms with E-state index in [0.717, 1.165) is 30.6 Å². The third kappa shape index (κ3) is 5.15. The largest absolute Gasteiger partial charge is 0.453 e. The number of hydrogen-bond donors (Lipinski definition) is 2. The van der Waals surface area contributed by atoms with E-state index in [4.69, 9.17) is 16.3 Å². The third-order valence-corrected chi connectivity index (χ3v) is 4.12. The molecule has 1 heterocycles. The van der Waals surface area contributed by atoms with Crippen LogP contribution in [0.2, 0.25) is 5.02 Å². The highest BCUT2D eigenvalue weighted by Crippen LogP contribution is 2.35. The summed E-state index contributed by atoms with van der Waals surface area (Å²) in [4.78, 5) is 11.1. The van der Waals surface area contributed by atoms with Gasteiger partial charge in [-0.2, -0.15) is 0 Å². The van der Waals surface area contributed by atoms with Crippen molar-refractivity contribution in [2.75, 3.05) is 26.8 Å². The molecule has 0 saturated carbocycles. The second-order valence-corrected chi connectivity index (χ2v) is 5.90. The molecule has 0 aromatic heterocycles. The number of amides is 1. The van der Waals surface area contributed by atoms with Gasteiger partial charge in [0.2, 0.25) is 0 Å². The molecule has 1 fully saturated rings. The van der Waals surface area contributed by atoms with Gasteiger partial charge in [0.1, 0.15) is 0 Å². The maximum absolute atomic E-state index is 11.1. The van der Waals surface area contributed by atoms with Gasteiger partial charge in [-0.05, 0) is 30.5 Å². The summed E-state index contributed by atoms with van der Waals surface area (Å²) >= 11 is 6.12. The zero-order chi connectivity index (χ0) is 16.7. The fraction of sp³-hybridized carbons (Fsp3) is 0.471. The van der Waals surface area contributed by atoms with Gasteiger partial charge in [0.15, 0.2) is 0 Å². The summed E-state index contributed by atoms with van der Waals surface area (Å²) in [6, 6.07) is 7.68. The molecule has 2 N–H and O–H groups in total. The van der Waals surface area contributed by atoms with Crippen molar-refractivity contribution in [3.8, 4) is 0 Å². The van der Waals surface area contributed by atoms with E-state index in [2.05, 4.69) is 21.9 Å². The lowest BCUT2D eigenvalue weighted by atomic mass is 9.87. The standard InChI is InChI=1S/C17H23ClN2O3/c1-12-15(7-4-8-19-12)16(13-5-3-6-14(18)11-13)23-10-9-20-17(21)22-2/h3,5-6,11,15-16,19H,1,4,7-10H2,2H3,(H,20,21)/t15-,16?/m1/s1. The monoisotopic (exact) mass is 338 g/mol. The number of carbonyl (C=O) groups is 1. The molecule has 126 valence electrons. The van der Waals surface area contributed by atoms with Crippen molar-refractivity contribution in [2.45, 2.75) is 18.9 Å². The van der Waals surface area contributed by atoms with Crippen molar-refractivity contribution >= 4 is 17.7 Å². The molecule has 1 aliphatic heterocycles. The Morgan fingerprint density at radius 3 is 3.09 bits per heavy atom. The third-order valence-electron chi connectivity index (χ3n) is 3.89. The SMILES string of the molecule is C=C1NCCC[C@H]1C(OCCNC(=O)OC)c1cccc(Cl)c1. The Morgan fingerprint density at radius 2 is 2.39 bits per heavy atom. The Kier molecular flexibility index (Phi) is 6.74. The molecule has 1 aliphatic rings. The number of rotatable bonds is 6. The van der Waals surface area contributed by atoms with E-state index in [0.29, 0.717) is 18.2 Å². The predicted molar refractivity (Wildman–Crippen MR) is 90.4 cm³/mol. The molecule has 1 amide bonds. The Balaban J connectivity index is 2.05. The van der Waals surface area contributed by atoms with E-state index >= 15 is 0 Å². The topological polar surface area (TPSA) is 59.6 Å². The highest BCUT2D eigenvalue weighted by molar-refractivity contribution is 6.30. The number of methoxy groups -OCH3 is 1. The quantitative estimate of drug-likeness (QED) is 0.782. The van der Waals surface area contributed by atoms with Crippen molar-refractivity contribution in [2.24, 2.45) is 5.92 Å². The first-order chi connectivity index (χ1) is 11.1. The van der Waals surface area contributed by atoms with Crippen LogP contribution in [0.1, 0.15) is 24.5 Å². The normalized spacial score (nSPS) is 18.9. The van der Waals surface area contributed by atoms with E-state index in [-0.39, 0.29) is 12.0 Å². The summed E-state index contributed by atoms with van der Waals surface area (Å²) in [5.74, 6) is 0.181. The van der Waals surface area contributed by atoms with Crippen LogP contribution < -0.4 is 10.6 Å². The molecule has 0 radical (unpaired) electrons. The molecule has 0 bridgehead atoms. The number of hydrogen-bond acceptors (Lipinski definition) is 4. The number of alkyl carbamates (subject to hydrolysis) is 1. The summed E-state index contributed by atoms with van der Waals surface area (Å²) in [5.41, 5.74) is 2.01. The van der Waals surface area contributed by atoms with Crippen LogP contribution in [0.5, 0.6) is 0 Å². The minimum Gasteiger partial charge on any atom is -0.453 e. The highest BCUT2D eigenvalue weighted by atomic mass is 35.5. The van der Waals surface area contributed by atoms with Crippen LogP contribution in [0.3, 0.4) is 0 Å². The number of ether oxygens (including phenoxy) is 2. The van der Waals surface area contributed by atoms with E-state index in [1.807, 2.05) is 24.3 Å². The maximum Gasteiger partial charge on any atom is 0.406 e. The van der Waals surface area contributed by atoms with E-state index < -0.39 is 6.09 Å². The van der Waals surface area contributed by atoms with Gasteiger partial charge in [-0.1, -0.05) is 30.3 Å². The van der Waals surface area contributed by atoms with Crippen LogP contribution in [0, 0.1) is 5.92 Å². The molecule has 23 heavy (non-hydrogen) atoms.